The van der Waals surface area contributed by atoms with E-state index in [1.54, 1.807) is 6.92 Å². The molecule has 182 valence electrons. The van der Waals surface area contributed by atoms with E-state index < -0.39 is 12.0 Å². The van der Waals surface area contributed by atoms with E-state index in [1.165, 1.54) is 4.90 Å². The first-order valence-electron chi connectivity index (χ1n) is 12.0. The number of hydrogen-bond donors (Lipinski definition) is 2. The van der Waals surface area contributed by atoms with Crippen molar-refractivity contribution in [3.63, 3.8) is 0 Å². The molecule has 1 amide bonds. The molecule has 0 saturated carbocycles. The van der Waals surface area contributed by atoms with Gasteiger partial charge in [0, 0.05) is 12.5 Å². The maximum absolute atomic E-state index is 13.1. The van der Waals surface area contributed by atoms with Crippen LogP contribution in [0.3, 0.4) is 0 Å². The van der Waals surface area contributed by atoms with Gasteiger partial charge in [0.25, 0.3) is 0 Å². The normalized spacial score (nSPS) is 14.8. The number of nitrogens with zero attached hydrogens (tertiary/aromatic N) is 1. The molecule has 2 aromatic rings. The Morgan fingerprint density at radius 3 is 2.26 bits per heavy atom. The number of fused-ring (bicyclic) bond motifs is 1. The van der Waals surface area contributed by atoms with Gasteiger partial charge in [-0.1, -0.05) is 61.5 Å². The zero-order chi connectivity index (χ0) is 24.5. The van der Waals surface area contributed by atoms with E-state index in [9.17, 15) is 19.5 Å². The monoisotopic (exact) mass is 466 g/mol. The number of benzene rings is 2. The second-order valence-electron chi connectivity index (χ2n) is 8.77. The van der Waals surface area contributed by atoms with Crippen LogP contribution in [0.25, 0.3) is 0 Å². The Hall–Kier alpha value is -3.19. The zero-order valence-corrected chi connectivity index (χ0v) is 19.9. The predicted molar refractivity (Wildman–Crippen MR) is 129 cm³/mol. The Labute approximate surface area is 201 Å². The predicted octanol–water partition coefficient (Wildman–Crippen LogP) is 3.52. The summed E-state index contributed by atoms with van der Waals surface area (Å²) in [6.07, 6.45) is 2.52. The second kappa shape index (κ2) is 12.3. The molecular formula is C27H34N2O5. The third kappa shape index (κ3) is 6.90. The Balaban J connectivity index is 1.46. The second-order valence-corrected chi connectivity index (χ2v) is 8.77. The summed E-state index contributed by atoms with van der Waals surface area (Å²) < 4.78 is 5.61. The van der Waals surface area contributed by atoms with Crippen molar-refractivity contribution < 1.29 is 24.2 Å². The van der Waals surface area contributed by atoms with Gasteiger partial charge in [-0.25, -0.2) is 0 Å². The Morgan fingerprint density at radius 2 is 1.68 bits per heavy atom. The lowest BCUT2D eigenvalue weighted by Gasteiger charge is -2.30. The molecule has 7 nitrogen and oxygen atoms in total. The SMILES string of the molecule is CCC(OC(=O)CCCN[C@@H](C)C(=O)N(CC(=O)O)C1Cc2ccccc2C1)c1ccccc1. The maximum Gasteiger partial charge on any atom is 0.323 e. The lowest BCUT2D eigenvalue weighted by molar-refractivity contribution is -0.149. The molecule has 34 heavy (non-hydrogen) atoms. The van der Waals surface area contributed by atoms with Crippen LogP contribution in [0.5, 0.6) is 0 Å². The van der Waals surface area contributed by atoms with Crippen molar-refractivity contribution in [1.82, 2.24) is 10.2 Å². The summed E-state index contributed by atoms with van der Waals surface area (Å²) in [5.74, 6) is -1.53. The highest BCUT2D eigenvalue weighted by Crippen LogP contribution is 2.26. The molecule has 0 fully saturated rings. The number of carboxylic acid groups (broad SMARTS) is 1. The minimum Gasteiger partial charge on any atom is -0.480 e. The van der Waals surface area contributed by atoms with Gasteiger partial charge in [0.1, 0.15) is 12.6 Å². The minimum atomic E-state index is -1.02. The van der Waals surface area contributed by atoms with Crippen LogP contribution in [-0.4, -0.2) is 53.0 Å². The van der Waals surface area contributed by atoms with E-state index in [4.69, 9.17) is 4.74 Å². The lowest BCUT2D eigenvalue weighted by Crippen LogP contribution is -2.51. The van der Waals surface area contributed by atoms with Crippen molar-refractivity contribution in [2.24, 2.45) is 0 Å². The third-order valence-corrected chi connectivity index (χ3v) is 6.25. The number of amides is 1. The molecule has 2 atom stereocenters. The molecular weight excluding hydrogens is 432 g/mol. The smallest absolute Gasteiger partial charge is 0.323 e. The molecule has 0 spiro atoms. The van der Waals surface area contributed by atoms with Gasteiger partial charge in [-0.3, -0.25) is 14.4 Å². The topological polar surface area (TPSA) is 95.9 Å². The van der Waals surface area contributed by atoms with E-state index in [0.29, 0.717) is 32.2 Å². The maximum atomic E-state index is 13.1. The van der Waals surface area contributed by atoms with Crippen molar-refractivity contribution in [2.75, 3.05) is 13.1 Å². The zero-order valence-electron chi connectivity index (χ0n) is 19.9. The van der Waals surface area contributed by atoms with E-state index in [-0.39, 0.29) is 37.0 Å². The molecule has 0 radical (unpaired) electrons. The molecule has 2 N–H and O–H groups in total. The first-order valence-corrected chi connectivity index (χ1v) is 12.0. The highest BCUT2D eigenvalue weighted by molar-refractivity contribution is 5.85. The highest BCUT2D eigenvalue weighted by atomic mass is 16.5. The molecule has 0 saturated heterocycles. The van der Waals surface area contributed by atoms with Crippen molar-refractivity contribution in [2.45, 2.75) is 64.1 Å². The average Bonchev–Trinajstić information content (AvgIpc) is 3.27. The highest BCUT2D eigenvalue weighted by Gasteiger charge is 2.33. The van der Waals surface area contributed by atoms with E-state index in [0.717, 1.165) is 16.7 Å². The Kier molecular flexibility index (Phi) is 9.22. The number of esters is 1. The van der Waals surface area contributed by atoms with Crippen LogP contribution in [0.4, 0.5) is 0 Å². The number of aliphatic carboxylic acids is 1. The summed E-state index contributed by atoms with van der Waals surface area (Å²) >= 11 is 0. The fourth-order valence-corrected chi connectivity index (χ4v) is 4.45. The fourth-order valence-electron chi connectivity index (χ4n) is 4.45. The standard InChI is InChI=1S/C27H34N2O5/c1-3-24(20-10-5-4-6-11-20)34-26(32)14-9-15-28-19(2)27(33)29(18-25(30)31)23-16-21-12-7-8-13-22(21)17-23/h4-8,10-13,19,23-24,28H,3,9,14-18H2,1-2H3,(H,30,31)/t19-,24?/m0/s1. The minimum absolute atomic E-state index is 0.163. The van der Waals surface area contributed by atoms with E-state index in [1.807, 2.05) is 61.5 Å². The average molecular weight is 467 g/mol. The van der Waals surface area contributed by atoms with Gasteiger partial charge in [0.2, 0.25) is 5.91 Å². The van der Waals surface area contributed by atoms with Crippen LogP contribution in [0.2, 0.25) is 0 Å². The summed E-state index contributed by atoms with van der Waals surface area (Å²) in [6.45, 7) is 3.84. The van der Waals surface area contributed by atoms with Crippen LogP contribution in [-0.2, 0) is 32.0 Å². The Morgan fingerprint density at radius 1 is 1.06 bits per heavy atom. The molecule has 7 heteroatoms. The lowest BCUT2D eigenvalue weighted by atomic mass is 10.1. The first kappa shape index (κ1) is 25.4. The Bertz CT molecular complexity index is 953. The number of rotatable bonds is 12. The number of hydrogen-bond acceptors (Lipinski definition) is 5. The number of carboxylic acids is 1. The van der Waals surface area contributed by atoms with E-state index in [2.05, 4.69) is 5.32 Å². The number of carbonyl (C=O) groups excluding carboxylic acids is 2. The van der Waals surface area contributed by atoms with Gasteiger partial charge in [0.15, 0.2) is 0 Å². The van der Waals surface area contributed by atoms with Crippen LogP contribution in [0, 0.1) is 0 Å². The molecule has 3 rings (SSSR count). The summed E-state index contributed by atoms with van der Waals surface area (Å²) in [4.78, 5) is 38.3. The first-order chi connectivity index (χ1) is 16.4. The summed E-state index contributed by atoms with van der Waals surface area (Å²) in [6, 6.07) is 16.9. The van der Waals surface area contributed by atoms with Crippen molar-refractivity contribution >= 4 is 17.8 Å². The molecule has 0 aliphatic heterocycles. The number of carbonyl (C=O) groups is 3. The third-order valence-electron chi connectivity index (χ3n) is 6.25. The summed E-state index contributed by atoms with van der Waals surface area (Å²) in [5.41, 5.74) is 3.30. The van der Waals surface area contributed by atoms with Crippen LogP contribution < -0.4 is 5.32 Å². The van der Waals surface area contributed by atoms with Gasteiger partial charge in [-0.05, 0) is 55.8 Å². The molecule has 0 bridgehead atoms. The molecule has 0 heterocycles. The van der Waals surface area contributed by atoms with Gasteiger partial charge >= 0.3 is 11.9 Å². The van der Waals surface area contributed by atoms with Gasteiger partial charge in [0.05, 0.1) is 6.04 Å². The quantitative estimate of drug-likeness (QED) is 0.367. The number of ether oxygens (including phenoxy) is 1. The van der Waals surface area contributed by atoms with Crippen molar-refractivity contribution in [1.29, 1.82) is 0 Å². The van der Waals surface area contributed by atoms with Gasteiger partial charge < -0.3 is 20.1 Å². The van der Waals surface area contributed by atoms with Gasteiger partial charge in [-0.15, -0.1) is 0 Å². The molecule has 2 aromatic carbocycles. The molecule has 1 aliphatic rings. The summed E-state index contributed by atoms with van der Waals surface area (Å²) in [5, 5.41) is 12.5. The fraction of sp³-hybridized carbons (Fsp3) is 0.444. The molecule has 0 aromatic heterocycles. The largest absolute Gasteiger partial charge is 0.480 e. The van der Waals surface area contributed by atoms with Crippen molar-refractivity contribution in [3.8, 4) is 0 Å². The van der Waals surface area contributed by atoms with Crippen LogP contribution >= 0.6 is 0 Å². The number of nitrogens with one attached hydrogen (secondary N) is 1. The van der Waals surface area contributed by atoms with Crippen LogP contribution in [0.15, 0.2) is 54.6 Å². The van der Waals surface area contributed by atoms with Crippen LogP contribution in [0.1, 0.15) is 55.9 Å². The molecule has 1 unspecified atom stereocenters. The summed E-state index contributed by atoms with van der Waals surface area (Å²) in [7, 11) is 0. The van der Waals surface area contributed by atoms with Gasteiger partial charge in [-0.2, -0.15) is 0 Å². The van der Waals surface area contributed by atoms with Crippen molar-refractivity contribution in [3.05, 3.63) is 71.3 Å². The van der Waals surface area contributed by atoms with E-state index >= 15 is 0 Å². The molecule has 1 aliphatic carbocycles.